The molecule has 0 saturated heterocycles. The minimum Gasteiger partial charge on any atom is -0.387 e. The van der Waals surface area contributed by atoms with E-state index in [-0.39, 0.29) is 6.04 Å². The summed E-state index contributed by atoms with van der Waals surface area (Å²) >= 11 is 7.62. The lowest BCUT2D eigenvalue weighted by molar-refractivity contribution is 0.130. The molecule has 1 aromatic rings. The van der Waals surface area contributed by atoms with Gasteiger partial charge in [-0.1, -0.05) is 12.1 Å². The van der Waals surface area contributed by atoms with Crippen LogP contribution < -0.4 is 5.32 Å². The van der Waals surface area contributed by atoms with Gasteiger partial charge in [-0.2, -0.15) is 0 Å². The van der Waals surface area contributed by atoms with Crippen molar-refractivity contribution < 1.29 is 5.11 Å². The number of aryl methyl sites for hydroxylation is 1. The number of aliphatic hydroxyl groups is 1. The van der Waals surface area contributed by atoms with Gasteiger partial charge in [0.1, 0.15) is 0 Å². The van der Waals surface area contributed by atoms with E-state index >= 15 is 0 Å². The van der Waals surface area contributed by atoms with Gasteiger partial charge in [0.15, 0.2) is 0 Å². The molecule has 0 aliphatic carbocycles. The quantitative estimate of drug-likeness (QED) is 0.808. The van der Waals surface area contributed by atoms with Gasteiger partial charge in [0.05, 0.1) is 6.10 Å². The number of likely N-dealkylation sites (N-methyl/N-ethyl adjacent to an activating group) is 1. The van der Waals surface area contributed by atoms with Gasteiger partial charge in [-0.25, -0.2) is 0 Å². The maximum atomic E-state index is 10.3. The summed E-state index contributed by atoms with van der Waals surface area (Å²) < 4.78 is 0. The Hall–Kier alpha value is -0.220. The van der Waals surface area contributed by atoms with Gasteiger partial charge in [0, 0.05) is 22.6 Å². The lowest BCUT2D eigenvalue weighted by atomic mass is 9.99. The number of hydrogen-bond acceptors (Lipinski definition) is 3. The fraction of sp³-hybridized carbons (Fsp3) is 0.538. The van der Waals surface area contributed by atoms with Gasteiger partial charge in [-0.3, -0.25) is 0 Å². The summed E-state index contributed by atoms with van der Waals surface area (Å²) in [6.45, 7) is 0. The second-order valence-corrected chi connectivity index (χ2v) is 5.80. The van der Waals surface area contributed by atoms with Gasteiger partial charge in [-0.05, 0) is 37.1 Å². The molecule has 17 heavy (non-hydrogen) atoms. The predicted molar refractivity (Wildman–Crippen MR) is 74.0 cm³/mol. The molecule has 2 unspecified atom stereocenters. The number of hydrogen-bond donors (Lipinski definition) is 2. The highest BCUT2D eigenvalue weighted by molar-refractivity contribution is 7.99. The Morgan fingerprint density at radius 1 is 1.53 bits per heavy atom. The summed E-state index contributed by atoms with van der Waals surface area (Å²) in [6, 6.07) is 6.32. The number of halogens is 1. The lowest BCUT2D eigenvalue weighted by Crippen LogP contribution is -2.32. The first-order chi connectivity index (χ1) is 8.26. The van der Waals surface area contributed by atoms with Crippen LogP contribution in [0.15, 0.2) is 23.1 Å². The molecule has 0 saturated carbocycles. The van der Waals surface area contributed by atoms with Crippen LogP contribution in [0, 0.1) is 0 Å². The maximum Gasteiger partial charge on any atom is 0.0943 e. The van der Waals surface area contributed by atoms with E-state index in [9.17, 15) is 5.11 Å². The van der Waals surface area contributed by atoms with E-state index in [0.717, 1.165) is 24.2 Å². The molecule has 0 radical (unpaired) electrons. The minimum atomic E-state index is -0.481. The molecule has 0 aromatic heterocycles. The lowest BCUT2D eigenvalue weighted by Gasteiger charge is -2.22. The van der Waals surface area contributed by atoms with Gasteiger partial charge >= 0.3 is 0 Å². The Morgan fingerprint density at radius 3 is 3.06 bits per heavy atom. The zero-order valence-corrected chi connectivity index (χ0v) is 11.5. The summed E-state index contributed by atoms with van der Waals surface area (Å²) in [5.74, 6) is 1.72. The number of rotatable bonds is 5. The standard InChI is InChI=1S/C13H18ClNOS/c1-15-11(4-6-14)13(16)10-3-2-9-5-7-17-12(9)8-10/h2-3,8,11,13,15-16H,4-7H2,1H3. The number of fused-ring (bicyclic) bond motifs is 1. The van der Waals surface area contributed by atoms with Crippen LogP contribution in [0.25, 0.3) is 0 Å². The Bertz CT molecular complexity index is 386. The third-order valence-electron chi connectivity index (χ3n) is 3.23. The molecule has 2 atom stereocenters. The highest BCUT2D eigenvalue weighted by Gasteiger charge is 2.21. The van der Waals surface area contributed by atoms with E-state index in [4.69, 9.17) is 11.6 Å². The molecule has 0 bridgehead atoms. The minimum absolute atomic E-state index is 0.0250. The van der Waals surface area contributed by atoms with Crippen molar-refractivity contribution >= 4 is 23.4 Å². The number of aliphatic hydroxyl groups excluding tert-OH is 1. The molecule has 1 aromatic carbocycles. The summed E-state index contributed by atoms with van der Waals surface area (Å²) in [5.41, 5.74) is 2.40. The van der Waals surface area contributed by atoms with Crippen LogP contribution in [0.5, 0.6) is 0 Å². The predicted octanol–water partition coefficient (Wildman–Crippen LogP) is 2.59. The number of thioether (sulfide) groups is 1. The van der Waals surface area contributed by atoms with E-state index in [1.54, 1.807) is 0 Å². The molecule has 1 aliphatic rings. The summed E-state index contributed by atoms with van der Waals surface area (Å²) in [7, 11) is 1.86. The average molecular weight is 272 g/mol. The van der Waals surface area contributed by atoms with Crippen molar-refractivity contribution in [1.29, 1.82) is 0 Å². The van der Waals surface area contributed by atoms with Gasteiger partial charge in [0.25, 0.3) is 0 Å². The third kappa shape index (κ3) is 2.97. The molecule has 1 heterocycles. The van der Waals surface area contributed by atoms with Crippen LogP contribution >= 0.6 is 23.4 Å². The summed E-state index contributed by atoms with van der Waals surface area (Å²) in [4.78, 5) is 1.32. The monoisotopic (exact) mass is 271 g/mol. The van der Waals surface area contributed by atoms with Crippen LogP contribution in [-0.4, -0.2) is 29.8 Å². The van der Waals surface area contributed by atoms with Gasteiger partial charge in [-0.15, -0.1) is 23.4 Å². The Kier molecular flexibility index (Phi) is 4.74. The van der Waals surface area contributed by atoms with E-state index in [0.29, 0.717) is 5.88 Å². The Balaban J connectivity index is 2.15. The molecule has 1 aliphatic heterocycles. The first kappa shape index (κ1) is 13.2. The molecule has 2 rings (SSSR count). The van der Waals surface area contributed by atoms with Gasteiger partial charge < -0.3 is 10.4 Å². The first-order valence-electron chi connectivity index (χ1n) is 5.93. The average Bonchev–Trinajstić information content (AvgIpc) is 2.82. The largest absolute Gasteiger partial charge is 0.387 e. The van der Waals surface area contributed by atoms with Crippen molar-refractivity contribution in [3.05, 3.63) is 29.3 Å². The third-order valence-corrected chi connectivity index (χ3v) is 4.55. The molecule has 2 N–H and O–H groups in total. The summed E-state index contributed by atoms with van der Waals surface area (Å²) in [5, 5.41) is 13.4. The molecule has 4 heteroatoms. The van der Waals surface area contributed by atoms with Crippen molar-refractivity contribution in [1.82, 2.24) is 5.32 Å². The fourth-order valence-electron chi connectivity index (χ4n) is 2.18. The SMILES string of the molecule is CNC(CCCl)C(O)c1ccc2c(c1)SCC2. The number of nitrogens with one attached hydrogen (secondary N) is 1. The van der Waals surface area contributed by atoms with Gasteiger partial charge in [0.2, 0.25) is 0 Å². The van der Waals surface area contributed by atoms with Crippen LogP contribution in [0.2, 0.25) is 0 Å². The molecular weight excluding hydrogens is 254 g/mol. The van der Waals surface area contributed by atoms with Crippen LogP contribution in [-0.2, 0) is 6.42 Å². The molecule has 0 fully saturated rings. The topological polar surface area (TPSA) is 32.3 Å². The van der Waals surface area contributed by atoms with E-state index < -0.39 is 6.10 Å². The van der Waals surface area contributed by atoms with Crippen molar-refractivity contribution in [2.24, 2.45) is 0 Å². The molecule has 0 spiro atoms. The smallest absolute Gasteiger partial charge is 0.0943 e. The molecular formula is C13H18ClNOS. The van der Waals surface area contributed by atoms with E-state index in [2.05, 4.69) is 17.4 Å². The fourth-order valence-corrected chi connectivity index (χ4v) is 3.53. The number of alkyl halides is 1. The van der Waals surface area contributed by atoms with Crippen molar-refractivity contribution in [3.63, 3.8) is 0 Å². The molecule has 0 amide bonds. The molecule has 2 nitrogen and oxygen atoms in total. The van der Waals surface area contributed by atoms with E-state index in [1.807, 2.05) is 24.9 Å². The first-order valence-corrected chi connectivity index (χ1v) is 7.45. The van der Waals surface area contributed by atoms with Crippen molar-refractivity contribution in [2.45, 2.75) is 29.9 Å². The van der Waals surface area contributed by atoms with E-state index in [1.165, 1.54) is 10.5 Å². The van der Waals surface area contributed by atoms with Crippen LogP contribution in [0.3, 0.4) is 0 Å². The highest BCUT2D eigenvalue weighted by atomic mass is 35.5. The zero-order valence-electron chi connectivity index (χ0n) is 9.95. The number of benzene rings is 1. The summed E-state index contributed by atoms with van der Waals surface area (Å²) in [6.07, 6.45) is 1.43. The Labute approximate surface area is 112 Å². The van der Waals surface area contributed by atoms with Crippen LogP contribution in [0.4, 0.5) is 0 Å². The highest BCUT2D eigenvalue weighted by Crippen LogP contribution is 2.33. The van der Waals surface area contributed by atoms with Crippen LogP contribution in [0.1, 0.15) is 23.7 Å². The van der Waals surface area contributed by atoms with Crippen molar-refractivity contribution in [3.8, 4) is 0 Å². The molecule has 94 valence electrons. The second kappa shape index (κ2) is 6.10. The zero-order chi connectivity index (χ0) is 12.3. The maximum absolute atomic E-state index is 10.3. The Morgan fingerprint density at radius 2 is 2.35 bits per heavy atom. The normalized spacial score (nSPS) is 17.8. The van der Waals surface area contributed by atoms with Crippen molar-refractivity contribution in [2.75, 3.05) is 18.7 Å². The second-order valence-electron chi connectivity index (χ2n) is 4.28.